The summed E-state index contributed by atoms with van der Waals surface area (Å²) in [6.45, 7) is 0. The maximum atomic E-state index is 12.7. The Morgan fingerprint density at radius 2 is 1.81 bits per heavy atom. The second-order valence-corrected chi connectivity index (χ2v) is 6.86. The van der Waals surface area contributed by atoms with Crippen molar-refractivity contribution < 1.29 is 13.9 Å². The molecule has 1 N–H and O–H groups in total. The smallest absolute Gasteiger partial charge is 0.255 e. The lowest BCUT2D eigenvalue weighted by molar-refractivity contribution is 0.102. The average molecular weight is 424 g/mol. The zero-order valence-electron chi connectivity index (χ0n) is 14.3. The third kappa shape index (κ3) is 3.19. The summed E-state index contributed by atoms with van der Waals surface area (Å²) in [7, 11) is 1.52. The number of fused-ring (bicyclic) bond motifs is 2. The number of rotatable bonds is 3. The predicted molar refractivity (Wildman–Crippen MR) is 109 cm³/mol. The first-order chi connectivity index (χ1) is 13.1. The van der Waals surface area contributed by atoms with Gasteiger partial charge >= 0.3 is 0 Å². The molecule has 1 heterocycles. The molecule has 0 aliphatic rings. The fraction of sp³-hybridized carbons (Fsp3) is 0.0476. The minimum Gasteiger partial charge on any atom is -0.493 e. The van der Waals surface area contributed by atoms with E-state index in [4.69, 9.17) is 9.15 Å². The Morgan fingerprint density at radius 3 is 2.56 bits per heavy atom. The molecule has 0 saturated heterocycles. The summed E-state index contributed by atoms with van der Waals surface area (Å²) in [5.41, 5.74) is 1.68. The zero-order chi connectivity index (χ0) is 19.0. The Kier molecular flexibility index (Phi) is 4.41. The molecule has 0 bridgehead atoms. The van der Waals surface area contributed by atoms with Crippen molar-refractivity contribution in [2.45, 2.75) is 0 Å². The number of methoxy groups -OCH3 is 1. The van der Waals surface area contributed by atoms with Crippen molar-refractivity contribution in [1.82, 2.24) is 0 Å². The van der Waals surface area contributed by atoms with Crippen LogP contribution in [0.4, 0.5) is 5.69 Å². The number of hydrogen-bond acceptors (Lipinski definition) is 4. The maximum Gasteiger partial charge on any atom is 0.255 e. The van der Waals surface area contributed by atoms with Gasteiger partial charge in [-0.15, -0.1) is 0 Å². The molecule has 0 spiro atoms. The second kappa shape index (κ2) is 6.89. The molecule has 1 amide bonds. The van der Waals surface area contributed by atoms with Crippen LogP contribution in [0, 0.1) is 0 Å². The van der Waals surface area contributed by atoms with Gasteiger partial charge in [0.05, 0.1) is 17.9 Å². The zero-order valence-corrected chi connectivity index (χ0v) is 15.9. The lowest BCUT2D eigenvalue weighted by Gasteiger charge is -2.08. The highest BCUT2D eigenvalue weighted by Crippen LogP contribution is 2.28. The third-order valence-corrected chi connectivity index (χ3v) is 4.77. The number of benzene rings is 3. The summed E-state index contributed by atoms with van der Waals surface area (Å²) < 4.78 is 12.1. The van der Waals surface area contributed by atoms with Crippen molar-refractivity contribution in [2.75, 3.05) is 12.4 Å². The Morgan fingerprint density at radius 1 is 1.04 bits per heavy atom. The molecule has 5 nitrogen and oxygen atoms in total. The lowest BCUT2D eigenvalue weighted by Crippen LogP contribution is -2.12. The number of carbonyl (C=O) groups excluding carboxylic acids is 1. The molecule has 4 rings (SSSR count). The number of amides is 1. The van der Waals surface area contributed by atoms with Gasteiger partial charge in [-0.3, -0.25) is 9.59 Å². The van der Waals surface area contributed by atoms with E-state index in [1.165, 1.54) is 7.11 Å². The molecule has 6 heteroatoms. The highest BCUT2D eigenvalue weighted by Gasteiger charge is 2.13. The van der Waals surface area contributed by atoms with Crippen LogP contribution in [-0.2, 0) is 0 Å². The molecule has 1 aromatic heterocycles. The van der Waals surface area contributed by atoms with Crippen LogP contribution < -0.4 is 15.5 Å². The number of anilines is 1. The largest absolute Gasteiger partial charge is 0.493 e. The van der Waals surface area contributed by atoms with E-state index in [0.717, 1.165) is 4.47 Å². The minimum absolute atomic E-state index is 0.143. The van der Waals surface area contributed by atoms with E-state index in [9.17, 15) is 9.59 Å². The molecule has 4 aromatic rings. The number of halogens is 1. The van der Waals surface area contributed by atoms with Crippen molar-refractivity contribution in [1.29, 1.82) is 0 Å². The summed E-state index contributed by atoms with van der Waals surface area (Å²) in [6, 6.07) is 17.2. The molecule has 0 aliphatic carbocycles. The van der Waals surface area contributed by atoms with E-state index < -0.39 is 0 Å². The van der Waals surface area contributed by atoms with Crippen LogP contribution in [0.2, 0.25) is 0 Å². The molecule has 0 atom stereocenters. The van der Waals surface area contributed by atoms with E-state index >= 15 is 0 Å². The first-order valence-electron chi connectivity index (χ1n) is 8.17. The van der Waals surface area contributed by atoms with Crippen LogP contribution >= 0.6 is 15.9 Å². The molecule has 0 radical (unpaired) electrons. The summed E-state index contributed by atoms with van der Waals surface area (Å²) in [5.74, 6) is 0.235. The van der Waals surface area contributed by atoms with Crippen LogP contribution in [0.5, 0.6) is 5.75 Å². The van der Waals surface area contributed by atoms with Crippen LogP contribution in [0.25, 0.3) is 21.9 Å². The standard InChI is InChI=1S/C21H14BrNO4/c1-26-17-4-2-3-16-19(24)15-10-9-14(11-18(15)27-20(16)17)23-21(25)12-5-7-13(22)8-6-12/h2-11H,1H3,(H,23,25). The Hall–Kier alpha value is -3.12. The van der Waals surface area contributed by atoms with E-state index in [-0.39, 0.29) is 11.3 Å². The molecule has 0 aliphatic heterocycles. The van der Waals surface area contributed by atoms with Gasteiger partial charge in [-0.1, -0.05) is 22.0 Å². The van der Waals surface area contributed by atoms with Gasteiger partial charge in [0.25, 0.3) is 5.91 Å². The van der Waals surface area contributed by atoms with Gasteiger partial charge in [-0.05, 0) is 48.5 Å². The van der Waals surface area contributed by atoms with Gasteiger partial charge in [0, 0.05) is 21.8 Å². The van der Waals surface area contributed by atoms with E-state index in [0.29, 0.717) is 38.9 Å². The number of hydrogen-bond donors (Lipinski definition) is 1. The molecule has 3 aromatic carbocycles. The minimum atomic E-state index is -0.248. The van der Waals surface area contributed by atoms with Gasteiger partial charge < -0.3 is 14.5 Å². The van der Waals surface area contributed by atoms with Gasteiger partial charge in [-0.25, -0.2) is 0 Å². The predicted octanol–water partition coefficient (Wildman–Crippen LogP) is 4.97. The second-order valence-electron chi connectivity index (χ2n) is 5.94. The van der Waals surface area contributed by atoms with Crippen molar-refractivity contribution in [2.24, 2.45) is 0 Å². The van der Waals surface area contributed by atoms with Gasteiger partial charge in [0.15, 0.2) is 11.3 Å². The molecular weight excluding hydrogens is 410 g/mol. The van der Waals surface area contributed by atoms with Crippen LogP contribution in [-0.4, -0.2) is 13.0 Å². The average Bonchev–Trinajstić information content (AvgIpc) is 2.68. The van der Waals surface area contributed by atoms with Gasteiger partial charge in [0.2, 0.25) is 5.43 Å². The van der Waals surface area contributed by atoms with Crippen molar-refractivity contribution in [3.63, 3.8) is 0 Å². The van der Waals surface area contributed by atoms with Gasteiger partial charge in [-0.2, -0.15) is 0 Å². The Labute approximate surface area is 162 Å². The Balaban J connectivity index is 1.77. The fourth-order valence-electron chi connectivity index (χ4n) is 2.89. The first-order valence-corrected chi connectivity index (χ1v) is 8.96. The number of nitrogens with one attached hydrogen (secondary N) is 1. The Bertz CT molecular complexity index is 1230. The summed E-state index contributed by atoms with van der Waals surface area (Å²) in [6.07, 6.45) is 0. The van der Waals surface area contributed by atoms with Crippen molar-refractivity contribution >= 4 is 49.5 Å². The molecule has 0 fully saturated rings. The number of para-hydroxylation sites is 1. The summed E-state index contributed by atoms with van der Waals surface area (Å²) >= 11 is 3.34. The van der Waals surface area contributed by atoms with Crippen molar-refractivity contribution in [3.8, 4) is 5.75 Å². The number of carbonyl (C=O) groups is 1. The van der Waals surface area contributed by atoms with E-state index in [1.54, 1.807) is 60.7 Å². The van der Waals surface area contributed by atoms with Crippen molar-refractivity contribution in [3.05, 3.63) is 80.9 Å². The van der Waals surface area contributed by atoms with E-state index in [2.05, 4.69) is 21.2 Å². The normalized spacial score (nSPS) is 10.9. The van der Waals surface area contributed by atoms with E-state index in [1.807, 2.05) is 0 Å². The molecular formula is C21H14BrNO4. The van der Waals surface area contributed by atoms with Crippen LogP contribution in [0.3, 0.4) is 0 Å². The van der Waals surface area contributed by atoms with Crippen LogP contribution in [0.15, 0.2) is 74.3 Å². The number of ether oxygens (including phenoxy) is 1. The SMILES string of the molecule is COc1cccc2c(=O)c3ccc(NC(=O)c4ccc(Br)cc4)cc3oc12. The molecule has 0 saturated carbocycles. The monoisotopic (exact) mass is 423 g/mol. The molecule has 134 valence electrons. The van der Waals surface area contributed by atoms with Crippen LogP contribution in [0.1, 0.15) is 10.4 Å². The summed E-state index contributed by atoms with van der Waals surface area (Å²) in [5, 5.41) is 3.71. The molecule has 27 heavy (non-hydrogen) atoms. The van der Waals surface area contributed by atoms with Gasteiger partial charge in [0.1, 0.15) is 5.58 Å². The summed E-state index contributed by atoms with van der Waals surface area (Å²) in [4.78, 5) is 25.1. The highest BCUT2D eigenvalue weighted by atomic mass is 79.9. The third-order valence-electron chi connectivity index (χ3n) is 4.25. The fourth-order valence-corrected chi connectivity index (χ4v) is 3.16. The maximum absolute atomic E-state index is 12.7. The topological polar surface area (TPSA) is 68.5 Å². The quantitative estimate of drug-likeness (QED) is 0.472. The lowest BCUT2D eigenvalue weighted by atomic mass is 10.1. The molecule has 0 unspecified atom stereocenters. The first kappa shape index (κ1) is 17.3. The highest BCUT2D eigenvalue weighted by molar-refractivity contribution is 9.10.